The van der Waals surface area contributed by atoms with Crippen molar-refractivity contribution in [3.63, 3.8) is 0 Å². The molecule has 0 bridgehead atoms. The van der Waals surface area contributed by atoms with Gasteiger partial charge < -0.3 is 15.4 Å². The zero-order valence-corrected chi connectivity index (χ0v) is 9.89. The summed E-state index contributed by atoms with van der Waals surface area (Å²) in [5.41, 5.74) is 5.31. The Morgan fingerprint density at radius 1 is 1.67 bits per heavy atom. The van der Waals surface area contributed by atoms with Crippen molar-refractivity contribution >= 4 is 17.7 Å². The number of nitrogens with zero attached hydrogens (tertiary/aromatic N) is 1. The molecule has 0 aromatic carbocycles. The van der Waals surface area contributed by atoms with Gasteiger partial charge in [-0.25, -0.2) is 0 Å². The summed E-state index contributed by atoms with van der Waals surface area (Å²) >= 11 is 1.91. The molecule has 2 N–H and O–H groups in total. The van der Waals surface area contributed by atoms with Gasteiger partial charge in [-0.3, -0.25) is 4.79 Å². The summed E-state index contributed by atoms with van der Waals surface area (Å²) in [5.74, 6) is 1.09. The molecule has 2 atom stereocenters. The van der Waals surface area contributed by atoms with Crippen LogP contribution in [0.5, 0.6) is 0 Å². The van der Waals surface area contributed by atoms with Gasteiger partial charge in [-0.05, 0) is 6.42 Å². The topological polar surface area (TPSA) is 55.6 Å². The normalized spacial score (nSPS) is 36.9. The van der Waals surface area contributed by atoms with Gasteiger partial charge in [0.15, 0.2) is 0 Å². The van der Waals surface area contributed by atoms with E-state index in [1.165, 1.54) is 0 Å². The van der Waals surface area contributed by atoms with Crippen LogP contribution in [0.3, 0.4) is 0 Å². The second-order valence-electron chi connectivity index (χ2n) is 4.39. The fourth-order valence-electron chi connectivity index (χ4n) is 2.07. The van der Waals surface area contributed by atoms with Gasteiger partial charge in [0, 0.05) is 30.7 Å². The highest BCUT2D eigenvalue weighted by Gasteiger charge is 2.41. The molecular weight excluding hydrogens is 212 g/mol. The predicted octanol–water partition coefficient (Wildman–Crippen LogP) is 0.0681. The lowest BCUT2D eigenvalue weighted by Crippen LogP contribution is -2.58. The van der Waals surface area contributed by atoms with Crippen molar-refractivity contribution < 1.29 is 9.53 Å². The Hall–Kier alpha value is -0.260. The SMILES string of the molecule is CC1CN(C(=O)C2(N)CCOC2)CCS1. The number of carbonyl (C=O) groups excluding carboxylic acids is 1. The summed E-state index contributed by atoms with van der Waals surface area (Å²) in [7, 11) is 0. The molecule has 4 nitrogen and oxygen atoms in total. The molecule has 2 rings (SSSR count). The Bertz CT molecular complexity index is 254. The number of amides is 1. The van der Waals surface area contributed by atoms with Gasteiger partial charge in [0.2, 0.25) is 5.91 Å². The Kier molecular flexibility index (Phi) is 3.23. The molecule has 0 aromatic heterocycles. The van der Waals surface area contributed by atoms with E-state index in [-0.39, 0.29) is 5.91 Å². The van der Waals surface area contributed by atoms with E-state index < -0.39 is 5.54 Å². The first-order valence-corrected chi connectivity index (χ1v) is 6.44. The highest BCUT2D eigenvalue weighted by molar-refractivity contribution is 7.99. The number of hydrogen-bond acceptors (Lipinski definition) is 4. The maximum Gasteiger partial charge on any atom is 0.245 e. The zero-order valence-electron chi connectivity index (χ0n) is 9.07. The number of carbonyl (C=O) groups is 1. The Balaban J connectivity index is 2.00. The Morgan fingerprint density at radius 2 is 2.47 bits per heavy atom. The smallest absolute Gasteiger partial charge is 0.245 e. The van der Waals surface area contributed by atoms with Crippen LogP contribution in [0.4, 0.5) is 0 Å². The molecule has 15 heavy (non-hydrogen) atoms. The lowest BCUT2D eigenvalue weighted by atomic mass is 9.98. The second-order valence-corrected chi connectivity index (χ2v) is 5.94. The summed E-state index contributed by atoms with van der Waals surface area (Å²) in [5, 5.41) is 0.522. The number of nitrogens with two attached hydrogens (primary N) is 1. The number of thioether (sulfide) groups is 1. The van der Waals surface area contributed by atoms with Crippen LogP contribution in [0.25, 0.3) is 0 Å². The van der Waals surface area contributed by atoms with Crippen LogP contribution in [0, 0.1) is 0 Å². The molecule has 86 valence electrons. The Labute approximate surface area is 94.5 Å². The Morgan fingerprint density at radius 3 is 3.07 bits per heavy atom. The van der Waals surface area contributed by atoms with Crippen molar-refractivity contribution in [2.75, 3.05) is 32.1 Å². The highest BCUT2D eigenvalue weighted by Crippen LogP contribution is 2.23. The molecular formula is C10H18N2O2S. The van der Waals surface area contributed by atoms with Gasteiger partial charge in [0.05, 0.1) is 6.61 Å². The van der Waals surface area contributed by atoms with E-state index >= 15 is 0 Å². The summed E-state index contributed by atoms with van der Waals surface area (Å²) in [4.78, 5) is 14.1. The van der Waals surface area contributed by atoms with Crippen LogP contribution < -0.4 is 5.73 Å². The molecule has 0 saturated carbocycles. The molecule has 2 heterocycles. The van der Waals surface area contributed by atoms with Crippen LogP contribution in [-0.2, 0) is 9.53 Å². The van der Waals surface area contributed by atoms with E-state index in [1.807, 2.05) is 16.7 Å². The third kappa shape index (κ3) is 2.29. The quantitative estimate of drug-likeness (QED) is 0.692. The lowest BCUT2D eigenvalue weighted by Gasteiger charge is -2.35. The molecule has 1 amide bonds. The first kappa shape index (κ1) is 11.2. The van der Waals surface area contributed by atoms with Crippen molar-refractivity contribution in [3.05, 3.63) is 0 Å². The third-order valence-corrected chi connectivity index (χ3v) is 4.14. The van der Waals surface area contributed by atoms with Crippen LogP contribution in [0.2, 0.25) is 0 Å². The van der Waals surface area contributed by atoms with E-state index in [1.54, 1.807) is 0 Å². The fourth-order valence-corrected chi connectivity index (χ4v) is 3.08. The van der Waals surface area contributed by atoms with Crippen molar-refractivity contribution in [3.8, 4) is 0 Å². The minimum Gasteiger partial charge on any atom is -0.379 e. The maximum absolute atomic E-state index is 12.2. The summed E-state index contributed by atoms with van der Waals surface area (Å²) in [6.07, 6.45) is 0.657. The van der Waals surface area contributed by atoms with Gasteiger partial charge in [-0.1, -0.05) is 6.92 Å². The van der Waals surface area contributed by atoms with Crippen molar-refractivity contribution in [1.29, 1.82) is 0 Å². The van der Waals surface area contributed by atoms with Gasteiger partial charge in [-0.15, -0.1) is 0 Å². The minimum atomic E-state index is -0.748. The van der Waals surface area contributed by atoms with Crippen molar-refractivity contribution in [2.45, 2.75) is 24.1 Å². The number of ether oxygens (including phenoxy) is 1. The molecule has 2 fully saturated rings. The number of hydrogen-bond donors (Lipinski definition) is 1. The minimum absolute atomic E-state index is 0.0761. The molecule has 2 saturated heterocycles. The molecule has 5 heteroatoms. The zero-order chi connectivity index (χ0) is 10.9. The van der Waals surface area contributed by atoms with Crippen molar-refractivity contribution in [1.82, 2.24) is 4.90 Å². The average molecular weight is 230 g/mol. The molecule has 0 aromatic rings. The average Bonchev–Trinajstić information content (AvgIpc) is 2.65. The van der Waals surface area contributed by atoms with Gasteiger partial charge in [0.25, 0.3) is 0 Å². The molecule has 0 spiro atoms. The van der Waals surface area contributed by atoms with Gasteiger partial charge in [0.1, 0.15) is 5.54 Å². The van der Waals surface area contributed by atoms with E-state index in [4.69, 9.17) is 10.5 Å². The van der Waals surface area contributed by atoms with Crippen LogP contribution in [-0.4, -0.2) is 53.7 Å². The summed E-state index contributed by atoms with van der Waals surface area (Å²) < 4.78 is 5.22. The van der Waals surface area contributed by atoms with E-state index in [0.29, 0.717) is 24.9 Å². The maximum atomic E-state index is 12.2. The van der Waals surface area contributed by atoms with Crippen LogP contribution in [0.15, 0.2) is 0 Å². The molecule has 2 aliphatic rings. The van der Waals surface area contributed by atoms with Gasteiger partial charge >= 0.3 is 0 Å². The molecule has 0 radical (unpaired) electrons. The molecule has 2 aliphatic heterocycles. The highest BCUT2D eigenvalue weighted by atomic mass is 32.2. The molecule has 0 aliphatic carbocycles. The van der Waals surface area contributed by atoms with Crippen LogP contribution in [0.1, 0.15) is 13.3 Å². The summed E-state index contributed by atoms with van der Waals surface area (Å²) in [6, 6.07) is 0. The first-order chi connectivity index (χ1) is 7.12. The fraction of sp³-hybridized carbons (Fsp3) is 0.900. The van der Waals surface area contributed by atoms with Crippen LogP contribution >= 0.6 is 11.8 Å². The van der Waals surface area contributed by atoms with E-state index in [9.17, 15) is 4.79 Å². The summed E-state index contributed by atoms with van der Waals surface area (Å²) in [6.45, 7) is 4.79. The monoisotopic (exact) mass is 230 g/mol. The largest absolute Gasteiger partial charge is 0.379 e. The predicted molar refractivity (Wildman–Crippen MR) is 60.9 cm³/mol. The van der Waals surface area contributed by atoms with E-state index in [0.717, 1.165) is 18.8 Å². The lowest BCUT2D eigenvalue weighted by molar-refractivity contribution is -0.136. The first-order valence-electron chi connectivity index (χ1n) is 5.39. The number of rotatable bonds is 1. The standard InChI is InChI=1S/C10H18N2O2S/c1-8-6-12(3-5-15-8)9(13)10(11)2-4-14-7-10/h8H,2-7,11H2,1H3. The van der Waals surface area contributed by atoms with Gasteiger partial charge in [-0.2, -0.15) is 11.8 Å². The molecule has 2 unspecified atom stereocenters. The van der Waals surface area contributed by atoms with Crippen molar-refractivity contribution in [2.24, 2.45) is 5.73 Å². The second kappa shape index (κ2) is 4.31. The third-order valence-electron chi connectivity index (χ3n) is 3.01. The van der Waals surface area contributed by atoms with E-state index in [2.05, 4.69) is 6.92 Å².